The number of halogens is 28. The lowest BCUT2D eigenvalue weighted by Gasteiger charge is -2.39. The van der Waals surface area contributed by atoms with Crippen LogP contribution in [0.4, 0.5) is 123 Å². The minimum Gasteiger partial charge on any atom is -0.477 e. The Kier molecular flexibility index (Phi) is 24.7. The Hall–Kier alpha value is -3.38. The van der Waals surface area contributed by atoms with Crippen molar-refractivity contribution in [2.45, 2.75) is 98.3 Å². The summed E-state index contributed by atoms with van der Waals surface area (Å²) in [5.41, 5.74) is 5.14. The second-order valence-corrected chi connectivity index (χ2v) is 12.2. The standard InChI is InChI=1S/C14H15F14NO5.C9H4F14O4.C5H13NO2/c1-8(15,16)13(25,26)34-10(18,12(22,23)24)14(27,28)33-9(17,11(19,20)21)7(30)29-3-4-32-6-5-31-2;1-3(10,11)8(20,21)27-5(13,7(17,18)19)9(22,23)26-4(12,2(24)25)6(14,15)16;1-7-4-5-8-3-2-6/h3-6H2,1-2H3,(H,29,30);1H3,(H,24,25);2-6H2,1H3. The van der Waals surface area contributed by atoms with Crippen molar-refractivity contribution in [1.82, 2.24) is 5.32 Å². The first-order valence-electron chi connectivity index (χ1n) is 16.6. The molecule has 0 fully saturated rings. The van der Waals surface area contributed by atoms with Gasteiger partial charge in [-0.05, 0) is 0 Å². The number of aliphatic carboxylic acids is 1. The molecule has 0 aliphatic rings. The van der Waals surface area contributed by atoms with Gasteiger partial charge in [0.05, 0.1) is 39.6 Å². The van der Waals surface area contributed by atoms with E-state index in [9.17, 15) is 133 Å². The van der Waals surface area contributed by atoms with Gasteiger partial charge in [-0.1, -0.05) is 0 Å². The largest absolute Gasteiger partial charge is 0.477 e. The molecule has 0 aromatic heterocycles. The zero-order chi connectivity index (χ0) is 56.2. The predicted molar refractivity (Wildman–Crippen MR) is 160 cm³/mol. The average Bonchev–Trinajstić information content (AvgIpc) is 3.11. The minimum atomic E-state index is -7.57. The molecule has 4 atom stereocenters. The van der Waals surface area contributed by atoms with Crippen molar-refractivity contribution in [2.24, 2.45) is 5.73 Å². The summed E-state index contributed by atoms with van der Waals surface area (Å²) >= 11 is 0. The quantitative estimate of drug-likeness (QED) is 0.0595. The van der Waals surface area contributed by atoms with Crippen LogP contribution in [0.25, 0.3) is 0 Å². The van der Waals surface area contributed by atoms with Crippen LogP contribution < -0.4 is 11.1 Å². The number of hydrogen-bond acceptors (Lipinski definition) is 11. The lowest BCUT2D eigenvalue weighted by atomic mass is 10.2. The van der Waals surface area contributed by atoms with E-state index in [0.717, 1.165) is 5.32 Å². The van der Waals surface area contributed by atoms with Gasteiger partial charge in [0, 0.05) is 41.2 Å². The number of ether oxygens (including phenoxy) is 8. The highest BCUT2D eigenvalue weighted by Crippen LogP contribution is 2.56. The molecule has 69 heavy (non-hydrogen) atoms. The fourth-order valence-electron chi connectivity index (χ4n) is 2.96. The number of amides is 1. The third-order valence-corrected chi connectivity index (χ3v) is 6.53. The molecule has 0 aromatic carbocycles. The smallest absolute Gasteiger partial charge is 0.460 e. The van der Waals surface area contributed by atoms with Gasteiger partial charge in [-0.3, -0.25) is 23.7 Å². The number of hydrogen-bond donors (Lipinski definition) is 3. The lowest BCUT2D eigenvalue weighted by Crippen LogP contribution is -2.67. The maximum atomic E-state index is 14.2. The topological polar surface area (TPSA) is 166 Å². The number of rotatable bonds is 25. The van der Waals surface area contributed by atoms with Crippen molar-refractivity contribution in [3.63, 3.8) is 0 Å². The monoisotopic (exact) mass is 1100 g/mol. The fraction of sp³-hybridized carbons (Fsp3) is 0.929. The Bertz CT molecular complexity index is 1570. The number of nitrogens with two attached hydrogens (primary N) is 1. The van der Waals surface area contributed by atoms with Gasteiger partial charge >= 0.3 is 90.4 Å². The first-order valence-corrected chi connectivity index (χ1v) is 16.6. The van der Waals surface area contributed by atoms with Crippen molar-refractivity contribution in [3.8, 4) is 0 Å². The summed E-state index contributed by atoms with van der Waals surface area (Å²) < 4.78 is 388. The highest BCUT2D eigenvalue weighted by molar-refractivity contribution is 5.84. The molecule has 0 aliphatic heterocycles. The molecule has 13 nitrogen and oxygen atoms in total. The van der Waals surface area contributed by atoms with E-state index in [0.29, 0.717) is 26.4 Å². The number of carboxylic acid groups (broad SMARTS) is 1. The highest BCUT2D eigenvalue weighted by atomic mass is 19.4. The number of carbonyl (C=O) groups is 2. The van der Waals surface area contributed by atoms with Crippen molar-refractivity contribution >= 4 is 11.9 Å². The van der Waals surface area contributed by atoms with Gasteiger partial charge in [0.15, 0.2) is 0 Å². The molecule has 0 aromatic rings. The first-order chi connectivity index (χ1) is 30.2. The van der Waals surface area contributed by atoms with E-state index in [4.69, 9.17) is 20.3 Å². The Morgan fingerprint density at radius 2 is 0.739 bits per heavy atom. The SMILES string of the molecule is CC(F)(F)C(F)(F)OC(F)(C(F)(F)F)C(F)(F)OC(F)(C(=O)O)C(F)(F)F.COCCOCCN.COCCOCCNC(=O)C(F)(OC(F)(F)C(F)(OC(F)(F)C(C)(F)F)C(F)(F)F)C(F)(F)F. The maximum absolute atomic E-state index is 14.2. The van der Waals surface area contributed by atoms with E-state index in [1.54, 1.807) is 16.6 Å². The molecule has 0 heterocycles. The third kappa shape index (κ3) is 18.3. The van der Waals surface area contributed by atoms with E-state index < -0.39 is 123 Å². The van der Waals surface area contributed by atoms with E-state index in [1.165, 1.54) is 7.11 Å². The molecule has 416 valence electrons. The number of nitrogens with one attached hydrogen (secondary N) is 1. The molecule has 41 heteroatoms. The van der Waals surface area contributed by atoms with Crippen LogP contribution in [0.1, 0.15) is 13.8 Å². The van der Waals surface area contributed by atoms with Crippen LogP contribution in [-0.4, -0.2) is 168 Å². The number of carbonyl (C=O) groups excluding carboxylic acids is 1. The summed E-state index contributed by atoms with van der Waals surface area (Å²) in [4.78, 5) is 21.5. The van der Waals surface area contributed by atoms with Gasteiger partial charge in [0.2, 0.25) is 0 Å². The molecule has 0 rings (SSSR count). The predicted octanol–water partition coefficient (Wildman–Crippen LogP) is 8.11. The second kappa shape index (κ2) is 24.4. The van der Waals surface area contributed by atoms with Crippen LogP contribution in [0.2, 0.25) is 0 Å². The Morgan fingerprint density at radius 1 is 0.435 bits per heavy atom. The first kappa shape index (κ1) is 69.9. The van der Waals surface area contributed by atoms with Gasteiger partial charge in [0.1, 0.15) is 0 Å². The highest BCUT2D eigenvalue weighted by Gasteiger charge is 2.84. The summed E-state index contributed by atoms with van der Waals surface area (Å²) in [6, 6.07) is 0. The van der Waals surface area contributed by atoms with Crippen LogP contribution in [-0.2, 0) is 47.5 Å². The molecule has 1 amide bonds. The number of alkyl halides is 28. The normalized spacial score (nSPS) is 17.5. The summed E-state index contributed by atoms with van der Waals surface area (Å²) in [6.07, 6.45) is -57.8. The van der Waals surface area contributed by atoms with E-state index in [2.05, 4.69) is 14.2 Å². The van der Waals surface area contributed by atoms with Crippen LogP contribution in [0, 0.1) is 0 Å². The van der Waals surface area contributed by atoms with Gasteiger partial charge < -0.3 is 35.1 Å². The third-order valence-electron chi connectivity index (χ3n) is 6.53. The molecule has 0 saturated carbocycles. The number of carboxylic acids is 1. The molecule has 4 N–H and O–H groups in total. The summed E-state index contributed by atoms with van der Waals surface area (Å²) in [7, 11) is 2.84. The van der Waals surface area contributed by atoms with Crippen molar-refractivity contribution in [1.29, 1.82) is 0 Å². The minimum absolute atomic E-state index is 0.0870. The molecule has 0 radical (unpaired) electrons. The molecule has 0 bridgehead atoms. The lowest BCUT2D eigenvalue weighted by molar-refractivity contribution is -0.537. The van der Waals surface area contributed by atoms with Crippen LogP contribution >= 0.6 is 0 Å². The second-order valence-electron chi connectivity index (χ2n) is 12.2. The van der Waals surface area contributed by atoms with Gasteiger partial charge in [-0.15, -0.1) is 0 Å². The molecule has 4 unspecified atom stereocenters. The summed E-state index contributed by atoms with van der Waals surface area (Å²) in [6.45, 7) is -1.57. The van der Waals surface area contributed by atoms with Gasteiger partial charge in [-0.2, -0.15) is 123 Å². The Labute approximate surface area is 364 Å². The number of methoxy groups -OCH3 is 2. The zero-order valence-electron chi connectivity index (χ0n) is 33.8. The van der Waals surface area contributed by atoms with Gasteiger partial charge in [-0.25, -0.2) is 4.79 Å². The Balaban J connectivity index is -0.00000111. The van der Waals surface area contributed by atoms with E-state index >= 15 is 0 Å². The maximum Gasteiger partial charge on any atom is 0.460 e. The van der Waals surface area contributed by atoms with E-state index in [1.807, 2.05) is 4.74 Å². The van der Waals surface area contributed by atoms with Crippen LogP contribution in [0.5, 0.6) is 0 Å². The molecular weight excluding hydrogens is 1070 g/mol. The fourth-order valence-corrected chi connectivity index (χ4v) is 2.96. The average molecular weight is 1100 g/mol. The summed E-state index contributed by atoms with van der Waals surface area (Å²) in [5, 5.41) is 8.82. The molecular formula is C28H32F28N2O11. The molecule has 0 aliphatic carbocycles. The van der Waals surface area contributed by atoms with Crippen molar-refractivity contribution < 1.29 is 176 Å². The van der Waals surface area contributed by atoms with Crippen LogP contribution in [0.3, 0.4) is 0 Å². The van der Waals surface area contributed by atoms with Crippen LogP contribution in [0.15, 0.2) is 0 Å². The Morgan fingerprint density at radius 3 is 0.986 bits per heavy atom. The van der Waals surface area contributed by atoms with Crippen molar-refractivity contribution in [3.05, 3.63) is 0 Å². The molecule has 0 spiro atoms. The zero-order valence-corrected chi connectivity index (χ0v) is 33.8. The van der Waals surface area contributed by atoms with E-state index in [-0.39, 0.29) is 13.2 Å². The van der Waals surface area contributed by atoms with Crippen molar-refractivity contribution in [2.75, 3.05) is 67.0 Å². The summed E-state index contributed by atoms with van der Waals surface area (Å²) in [5.74, 6) is -47.4. The van der Waals surface area contributed by atoms with Gasteiger partial charge in [0.25, 0.3) is 5.91 Å². The molecule has 0 saturated heterocycles.